The van der Waals surface area contributed by atoms with Gasteiger partial charge in [0.25, 0.3) is 5.56 Å². The molecule has 1 heterocycles. The highest BCUT2D eigenvalue weighted by Gasteiger charge is 2.05. The zero-order valence-corrected chi connectivity index (χ0v) is 12.0. The largest absolute Gasteiger partial charge is 0.339 e. The number of halogens is 1. The molecule has 0 saturated carbocycles. The van der Waals surface area contributed by atoms with Crippen LogP contribution in [-0.2, 0) is 0 Å². The van der Waals surface area contributed by atoms with E-state index in [1.807, 2.05) is 53.1 Å². The van der Waals surface area contributed by atoms with Gasteiger partial charge < -0.3 is 10.3 Å². The number of nitrogens with zero attached hydrogens (tertiary/aromatic N) is 1. The van der Waals surface area contributed by atoms with E-state index in [-0.39, 0.29) is 5.56 Å². The van der Waals surface area contributed by atoms with Gasteiger partial charge in [-0.1, -0.05) is 6.07 Å². The van der Waals surface area contributed by atoms with E-state index < -0.39 is 0 Å². The molecule has 0 radical (unpaired) electrons. The second-order valence-electron chi connectivity index (χ2n) is 3.25. The van der Waals surface area contributed by atoms with Crippen molar-refractivity contribution in [2.75, 3.05) is 11.6 Å². The predicted molar refractivity (Wildman–Crippen MR) is 79.1 cm³/mol. The molecular weight excluding hydrogens is 349 g/mol. The maximum Gasteiger partial charge on any atom is 0.266 e. The molecule has 4 nitrogen and oxygen atoms in total. The average Bonchev–Trinajstić information content (AvgIpc) is 2.35. The minimum absolute atomic E-state index is 0.135. The van der Waals surface area contributed by atoms with Gasteiger partial charge in [0.05, 0.1) is 6.33 Å². The number of thioether (sulfide) groups is 1. The predicted octanol–water partition coefficient (Wildman–Crippen LogP) is 2.84. The van der Waals surface area contributed by atoms with Crippen molar-refractivity contribution in [1.29, 1.82) is 0 Å². The number of anilines is 2. The Morgan fingerprint density at radius 2 is 2.29 bits per heavy atom. The van der Waals surface area contributed by atoms with E-state index in [4.69, 9.17) is 0 Å². The van der Waals surface area contributed by atoms with Crippen LogP contribution in [0.15, 0.2) is 40.3 Å². The molecule has 0 fully saturated rings. The molecule has 0 saturated heterocycles. The van der Waals surface area contributed by atoms with Crippen LogP contribution in [-0.4, -0.2) is 16.2 Å². The molecule has 1 aromatic heterocycles. The number of aromatic nitrogens is 2. The first-order chi connectivity index (χ1) is 8.20. The van der Waals surface area contributed by atoms with Gasteiger partial charge in [0, 0.05) is 10.6 Å². The van der Waals surface area contributed by atoms with Gasteiger partial charge in [-0.2, -0.15) is 0 Å². The van der Waals surface area contributed by atoms with E-state index >= 15 is 0 Å². The number of hydrogen-bond donors (Lipinski definition) is 2. The molecule has 2 N–H and O–H groups in total. The summed E-state index contributed by atoms with van der Waals surface area (Å²) in [6.07, 6.45) is 3.42. The molecule has 2 rings (SSSR count). The SMILES string of the molecule is CSc1cccc(Nc2nc[nH]c(=O)c2I)c1. The first-order valence-corrected chi connectivity index (χ1v) is 7.15. The molecule has 17 heavy (non-hydrogen) atoms. The van der Waals surface area contributed by atoms with Crippen LogP contribution in [0.2, 0.25) is 0 Å². The highest BCUT2D eigenvalue weighted by Crippen LogP contribution is 2.22. The summed E-state index contributed by atoms with van der Waals surface area (Å²) < 4.78 is 0.555. The summed E-state index contributed by atoms with van der Waals surface area (Å²) in [5.41, 5.74) is 0.789. The number of aromatic amines is 1. The molecule has 88 valence electrons. The van der Waals surface area contributed by atoms with Crippen molar-refractivity contribution in [3.63, 3.8) is 0 Å². The Morgan fingerprint density at radius 1 is 1.47 bits per heavy atom. The molecule has 0 aliphatic rings. The van der Waals surface area contributed by atoms with E-state index in [1.165, 1.54) is 6.33 Å². The quantitative estimate of drug-likeness (QED) is 0.654. The average molecular weight is 359 g/mol. The topological polar surface area (TPSA) is 57.8 Å². The second-order valence-corrected chi connectivity index (χ2v) is 5.21. The number of H-pyrrole nitrogens is 1. The van der Waals surface area contributed by atoms with E-state index in [2.05, 4.69) is 15.3 Å². The van der Waals surface area contributed by atoms with Crippen LogP contribution in [0.4, 0.5) is 11.5 Å². The van der Waals surface area contributed by atoms with Crippen molar-refractivity contribution in [3.8, 4) is 0 Å². The lowest BCUT2D eigenvalue weighted by molar-refractivity contribution is 1.10. The van der Waals surface area contributed by atoms with Gasteiger partial charge >= 0.3 is 0 Å². The summed E-state index contributed by atoms with van der Waals surface area (Å²) in [7, 11) is 0. The van der Waals surface area contributed by atoms with Crippen molar-refractivity contribution in [2.45, 2.75) is 4.90 Å². The maximum atomic E-state index is 11.4. The van der Waals surface area contributed by atoms with Crippen LogP contribution in [0.3, 0.4) is 0 Å². The molecule has 0 bridgehead atoms. The molecule has 6 heteroatoms. The van der Waals surface area contributed by atoms with Gasteiger partial charge in [-0.05, 0) is 47.0 Å². The fourth-order valence-corrected chi connectivity index (χ4v) is 2.20. The molecule has 0 amide bonds. The normalized spacial score (nSPS) is 10.2. The molecule has 2 aromatic rings. The van der Waals surface area contributed by atoms with Gasteiger partial charge in [-0.25, -0.2) is 4.98 Å². The van der Waals surface area contributed by atoms with E-state index in [9.17, 15) is 4.79 Å². The van der Waals surface area contributed by atoms with Crippen molar-refractivity contribution in [2.24, 2.45) is 0 Å². The minimum Gasteiger partial charge on any atom is -0.339 e. The summed E-state index contributed by atoms with van der Waals surface area (Å²) >= 11 is 3.65. The number of rotatable bonds is 3. The molecule has 0 aliphatic carbocycles. The minimum atomic E-state index is -0.135. The second kappa shape index (κ2) is 5.54. The zero-order valence-electron chi connectivity index (χ0n) is 9.03. The summed E-state index contributed by atoms with van der Waals surface area (Å²) in [6, 6.07) is 7.96. The fraction of sp³-hybridized carbons (Fsp3) is 0.0909. The van der Waals surface area contributed by atoms with E-state index in [0.29, 0.717) is 9.39 Å². The van der Waals surface area contributed by atoms with Crippen LogP contribution >= 0.6 is 34.4 Å². The van der Waals surface area contributed by atoms with Crippen LogP contribution in [0.1, 0.15) is 0 Å². The van der Waals surface area contributed by atoms with Gasteiger partial charge in [0.15, 0.2) is 5.82 Å². The fourth-order valence-electron chi connectivity index (χ4n) is 1.31. The highest BCUT2D eigenvalue weighted by molar-refractivity contribution is 14.1. The van der Waals surface area contributed by atoms with Crippen LogP contribution in [0.5, 0.6) is 0 Å². The Kier molecular flexibility index (Phi) is 4.06. The van der Waals surface area contributed by atoms with Crippen molar-refractivity contribution in [3.05, 3.63) is 44.5 Å². The van der Waals surface area contributed by atoms with Crippen LogP contribution < -0.4 is 10.9 Å². The monoisotopic (exact) mass is 359 g/mol. The number of benzene rings is 1. The summed E-state index contributed by atoms with van der Waals surface area (Å²) in [6.45, 7) is 0. The lowest BCUT2D eigenvalue weighted by Gasteiger charge is -2.07. The van der Waals surface area contributed by atoms with Crippen molar-refractivity contribution < 1.29 is 0 Å². The summed E-state index contributed by atoms with van der Waals surface area (Å²) in [5.74, 6) is 0.576. The van der Waals surface area contributed by atoms with Gasteiger partial charge in [-0.15, -0.1) is 11.8 Å². The molecule has 0 aliphatic heterocycles. The lowest BCUT2D eigenvalue weighted by Crippen LogP contribution is -2.12. The summed E-state index contributed by atoms with van der Waals surface area (Å²) in [4.78, 5) is 19.2. The molecule has 0 spiro atoms. The number of nitrogens with one attached hydrogen (secondary N) is 2. The Bertz CT molecular complexity index is 585. The van der Waals surface area contributed by atoms with Crippen LogP contribution in [0.25, 0.3) is 0 Å². The van der Waals surface area contributed by atoms with E-state index in [0.717, 1.165) is 10.6 Å². The Hall–Kier alpha value is -1.02. The first kappa shape index (κ1) is 12.4. The molecule has 1 aromatic carbocycles. The molecular formula is C11H10IN3OS. The van der Waals surface area contributed by atoms with Crippen LogP contribution in [0, 0.1) is 3.57 Å². The Labute approximate surface area is 116 Å². The Balaban J connectivity index is 2.31. The third kappa shape index (κ3) is 3.01. The first-order valence-electron chi connectivity index (χ1n) is 4.85. The van der Waals surface area contributed by atoms with Gasteiger partial charge in [0.1, 0.15) is 3.57 Å². The van der Waals surface area contributed by atoms with E-state index in [1.54, 1.807) is 11.8 Å². The van der Waals surface area contributed by atoms with Crippen molar-refractivity contribution >= 4 is 45.9 Å². The van der Waals surface area contributed by atoms with Gasteiger partial charge in [0.2, 0.25) is 0 Å². The van der Waals surface area contributed by atoms with Crippen molar-refractivity contribution in [1.82, 2.24) is 9.97 Å². The van der Waals surface area contributed by atoms with Gasteiger partial charge in [-0.3, -0.25) is 4.79 Å². The Morgan fingerprint density at radius 3 is 3.06 bits per heavy atom. The molecule has 0 unspecified atom stereocenters. The molecule has 0 atom stereocenters. The highest BCUT2D eigenvalue weighted by atomic mass is 127. The maximum absolute atomic E-state index is 11.4. The standard InChI is InChI=1S/C11H10IN3OS/c1-17-8-4-2-3-7(5-8)15-10-9(12)11(16)14-6-13-10/h2-6H,1H3,(H2,13,14,15,16). The third-order valence-electron chi connectivity index (χ3n) is 2.13. The number of hydrogen-bond acceptors (Lipinski definition) is 4. The smallest absolute Gasteiger partial charge is 0.266 e. The summed E-state index contributed by atoms with van der Waals surface area (Å²) in [5, 5.41) is 3.14. The zero-order chi connectivity index (χ0) is 12.3. The third-order valence-corrected chi connectivity index (χ3v) is 3.86. The lowest BCUT2D eigenvalue weighted by atomic mass is 10.3.